The number of aromatic carboxylic acids is 1. The van der Waals surface area contributed by atoms with Crippen molar-refractivity contribution in [3.05, 3.63) is 30.1 Å². The first kappa shape index (κ1) is 12.2. The first-order chi connectivity index (χ1) is 9.15. The zero-order valence-electron chi connectivity index (χ0n) is 11.0. The molecule has 19 heavy (non-hydrogen) atoms. The van der Waals surface area contributed by atoms with E-state index in [-0.39, 0.29) is 5.56 Å². The quantitative estimate of drug-likeness (QED) is 0.920. The van der Waals surface area contributed by atoms with E-state index in [2.05, 4.69) is 16.5 Å². The van der Waals surface area contributed by atoms with E-state index >= 15 is 0 Å². The molecule has 3 rings (SSSR count). The lowest BCUT2D eigenvalue weighted by molar-refractivity contribution is 0.0699. The molecule has 1 fully saturated rings. The number of hydrogen-bond acceptors (Lipinski definition) is 2. The van der Waals surface area contributed by atoms with Crippen molar-refractivity contribution in [3.8, 4) is 0 Å². The van der Waals surface area contributed by atoms with Gasteiger partial charge in [-0.25, -0.2) is 9.78 Å². The van der Waals surface area contributed by atoms with Gasteiger partial charge in [0.25, 0.3) is 0 Å². The van der Waals surface area contributed by atoms with Crippen molar-refractivity contribution in [1.29, 1.82) is 0 Å². The fraction of sp³-hybridized carbons (Fsp3) is 0.467. The molecule has 4 nitrogen and oxygen atoms in total. The summed E-state index contributed by atoms with van der Waals surface area (Å²) in [6, 6.07) is 5.36. The molecule has 1 N–H and O–H groups in total. The van der Waals surface area contributed by atoms with Gasteiger partial charge in [-0.3, -0.25) is 0 Å². The van der Waals surface area contributed by atoms with Gasteiger partial charge in [-0.15, -0.1) is 0 Å². The first-order valence-corrected chi connectivity index (χ1v) is 6.82. The number of carboxylic acid groups (broad SMARTS) is 1. The third-order valence-electron chi connectivity index (χ3n) is 4.14. The molecule has 4 heteroatoms. The van der Waals surface area contributed by atoms with Crippen LogP contribution in [0.2, 0.25) is 0 Å². The van der Waals surface area contributed by atoms with Gasteiger partial charge in [0.05, 0.1) is 17.4 Å². The summed E-state index contributed by atoms with van der Waals surface area (Å²) in [6.45, 7) is 3.25. The predicted molar refractivity (Wildman–Crippen MR) is 73.2 cm³/mol. The monoisotopic (exact) mass is 258 g/mol. The number of imidazole rings is 1. The van der Waals surface area contributed by atoms with Crippen LogP contribution in [0.1, 0.15) is 36.5 Å². The number of aromatic nitrogens is 2. The third-order valence-corrected chi connectivity index (χ3v) is 4.14. The highest BCUT2D eigenvalue weighted by atomic mass is 16.4. The Morgan fingerprint density at radius 2 is 2.32 bits per heavy atom. The van der Waals surface area contributed by atoms with Crippen LogP contribution >= 0.6 is 0 Å². The van der Waals surface area contributed by atoms with Crippen molar-refractivity contribution in [2.45, 2.75) is 32.7 Å². The molecule has 100 valence electrons. The summed E-state index contributed by atoms with van der Waals surface area (Å²) in [5.74, 6) is 0.598. The number of rotatable bonds is 3. The molecular formula is C15H18N2O2. The van der Waals surface area contributed by atoms with Crippen LogP contribution in [0, 0.1) is 11.8 Å². The molecule has 1 aromatic carbocycles. The second-order valence-corrected chi connectivity index (χ2v) is 5.66. The zero-order chi connectivity index (χ0) is 13.4. The van der Waals surface area contributed by atoms with Crippen LogP contribution in [-0.4, -0.2) is 20.6 Å². The van der Waals surface area contributed by atoms with Gasteiger partial charge in [0.2, 0.25) is 0 Å². The number of nitrogens with zero attached hydrogens (tertiary/aromatic N) is 2. The number of para-hydroxylation sites is 1. The minimum Gasteiger partial charge on any atom is -0.478 e. The molecule has 1 aliphatic carbocycles. The Balaban J connectivity index is 1.93. The van der Waals surface area contributed by atoms with E-state index in [1.165, 1.54) is 19.3 Å². The molecule has 1 aliphatic rings. The number of hydrogen-bond donors (Lipinski definition) is 1. The highest BCUT2D eigenvalue weighted by molar-refractivity contribution is 6.00. The lowest BCUT2D eigenvalue weighted by atomic mass is 10.1. The fourth-order valence-electron chi connectivity index (χ4n) is 3.18. The van der Waals surface area contributed by atoms with E-state index < -0.39 is 5.97 Å². The third kappa shape index (κ3) is 2.23. The number of benzene rings is 1. The minimum absolute atomic E-state index is 0.288. The second kappa shape index (κ2) is 4.68. The van der Waals surface area contributed by atoms with Gasteiger partial charge in [-0.2, -0.15) is 0 Å². The second-order valence-electron chi connectivity index (χ2n) is 5.66. The largest absolute Gasteiger partial charge is 0.478 e. The fourth-order valence-corrected chi connectivity index (χ4v) is 3.18. The molecule has 1 saturated carbocycles. The van der Waals surface area contributed by atoms with Crippen molar-refractivity contribution in [1.82, 2.24) is 9.55 Å². The molecule has 2 aromatic rings. The van der Waals surface area contributed by atoms with Crippen LogP contribution in [0.15, 0.2) is 24.5 Å². The van der Waals surface area contributed by atoms with Crippen LogP contribution in [0.25, 0.3) is 11.0 Å². The summed E-state index contributed by atoms with van der Waals surface area (Å²) in [4.78, 5) is 15.4. The Bertz CT molecular complexity index is 618. The van der Waals surface area contributed by atoms with E-state index in [9.17, 15) is 4.79 Å². The van der Waals surface area contributed by atoms with Crippen LogP contribution in [0.4, 0.5) is 0 Å². The lowest BCUT2D eigenvalue weighted by Gasteiger charge is -2.11. The molecule has 1 aromatic heterocycles. The topological polar surface area (TPSA) is 55.1 Å². The maximum Gasteiger partial charge on any atom is 0.337 e. The highest BCUT2D eigenvalue weighted by Gasteiger charge is 2.22. The molecular weight excluding hydrogens is 240 g/mol. The van der Waals surface area contributed by atoms with Crippen molar-refractivity contribution in [2.75, 3.05) is 0 Å². The Hall–Kier alpha value is -1.84. The summed E-state index contributed by atoms with van der Waals surface area (Å²) in [6.07, 6.45) is 5.61. The summed E-state index contributed by atoms with van der Waals surface area (Å²) in [5.41, 5.74) is 1.82. The van der Waals surface area contributed by atoms with Gasteiger partial charge < -0.3 is 9.67 Å². The summed E-state index contributed by atoms with van der Waals surface area (Å²) in [5, 5.41) is 9.16. The maximum atomic E-state index is 11.2. The van der Waals surface area contributed by atoms with Crippen molar-refractivity contribution in [2.24, 2.45) is 11.8 Å². The molecule has 0 amide bonds. The van der Waals surface area contributed by atoms with Crippen LogP contribution in [0.3, 0.4) is 0 Å². The Labute approximate surface area is 112 Å². The van der Waals surface area contributed by atoms with Crippen LogP contribution in [-0.2, 0) is 6.54 Å². The van der Waals surface area contributed by atoms with Gasteiger partial charge in [0.15, 0.2) is 0 Å². The zero-order valence-corrected chi connectivity index (χ0v) is 11.0. The van der Waals surface area contributed by atoms with E-state index in [1.54, 1.807) is 18.5 Å². The van der Waals surface area contributed by atoms with Gasteiger partial charge in [-0.1, -0.05) is 19.4 Å². The van der Waals surface area contributed by atoms with Crippen LogP contribution in [0.5, 0.6) is 0 Å². The first-order valence-electron chi connectivity index (χ1n) is 6.82. The van der Waals surface area contributed by atoms with E-state index in [0.29, 0.717) is 11.4 Å². The van der Waals surface area contributed by atoms with Gasteiger partial charge in [0, 0.05) is 6.54 Å². The van der Waals surface area contributed by atoms with E-state index in [1.807, 2.05) is 6.07 Å². The number of carbonyl (C=O) groups is 1. The minimum atomic E-state index is -0.912. The predicted octanol–water partition coefficient (Wildman–Crippen LogP) is 3.17. The Kier molecular flexibility index (Phi) is 3.01. The average Bonchev–Trinajstić information content (AvgIpc) is 2.97. The molecule has 1 heterocycles. The van der Waals surface area contributed by atoms with E-state index in [4.69, 9.17) is 5.11 Å². The summed E-state index contributed by atoms with van der Waals surface area (Å²) >= 11 is 0. The van der Waals surface area contributed by atoms with Crippen molar-refractivity contribution < 1.29 is 9.90 Å². The van der Waals surface area contributed by atoms with Crippen molar-refractivity contribution in [3.63, 3.8) is 0 Å². The standard InChI is InChI=1S/C15H18N2O2/c1-10-5-6-11(7-10)8-17-9-16-14-12(15(18)19)3-2-4-13(14)17/h2-4,9-11H,5-8H2,1H3,(H,18,19). The molecule has 0 spiro atoms. The molecule has 0 bridgehead atoms. The smallest absolute Gasteiger partial charge is 0.337 e. The number of fused-ring (bicyclic) bond motifs is 1. The van der Waals surface area contributed by atoms with E-state index in [0.717, 1.165) is 18.0 Å². The molecule has 2 atom stereocenters. The van der Waals surface area contributed by atoms with Gasteiger partial charge in [0.1, 0.15) is 5.52 Å². The maximum absolute atomic E-state index is 11.2. The molecule has 0 saturated heterocycles. The lowest BCUT2D eigenvalue weighted by Crippen LogP contribution is -2.07. The Morgan fingerprint density at radius 1 is 1.47 bits per heavy atom. The SMILES string of the molecule is CC1CCC(Cn2cnc3c(C(=O)O)cccc32)C1. The molecule has 0 radical (unpaired) electrons. The Morgan fingerprint density at radius 3 is 3.00 bits per heavy atom. The normalized spacial score (nSPS) is 23.0. The van der Waals surface area contributed by atoms with Crippen LogP contribution < -0.4 is 0 Å². The summed E-state index contributed by atoms with van der Waals surface area (Å²) in [7, 11) is 0. The number of carboxylic acids is 1. The van der Waals surface area contributed by atoms with Crippen molar-refractivity contribution >= 4 is 17.0 Å². The average molecular weight is 258 g/mol. The molecule has 2 unspecified atom stereocenters. The van der Waals surface area contributed by atoms with Gasteiger partial charge >= 0.3 is 5.97 Å². The van der Waals surface area contributed by atoms with Gasteiger partial charge in [-0.05, 0) is 36.8 Å². The highest BCUT2D eigenvalue weighted by Crippen LogP contribution is 2.32. The summed E-state index contributed by atoms with van der Waals surface area (Å²) < 4.78 is 2.10. The molecule has 0 aliphatic heterocycles.